The Morgan fingerprint density at radius 2 is 1.86 bits per heavy atom. The Morgan fingerprint density at radius 1 is 1.24 bits per heavy atom. The van der Waals surface area contributed by atoms with E-state index < -0.39 is 0 Å². The summed E-state index contributed by atoms with van der Waals surface area (Å²) in [5.74, 6) is 1.53. The second kappa shape index (κ2) is 7.88. The normalized spacial score (nSPS) is 15.5. The molecule has 0 radical (unpaired) electrons. The van der Waals surface area contributed by atoms with Gasteiger partial charge in [-0.3, -0.25) is 4.79 Å². The average molecular weight is 293 g/mol. The van der Waals surface area contributed by atoms with Crippen molar-refractivity contribution in [2.24, 2.45) is 5.92 Å². The molecular formula is C16H23NO4. The predicted molar refractivity (Wildman–Crippen MR) is 80.0 cm³/mol. The molecule has 2 rings (SSSR count). The molecule has 1 aliphatic rings. The van der Waals surface area contributed by atoms with Gasteiger partial charge in [-0.1, -0.05) is 6.07 Å². The third kappa shape index (κ3) is 4.11. The summed E-state index contributed by atoms with van der Waals surface area (Å²) in [4.78, 5) is 12.3. The van der Waals surface area contributed by atoms with E-state index in [1.165, 1.54) is 0 Å². The van der Waals surface area contributed by atoms with Gasteiger partial charge in [0.2, 0.25) is 0 Å². The maximum Gasteiger partial charge on any atom is 0.258 e. The van der Waals surface area contributed by atoms with Gasteiger partial charge in [0.05, 0.1) is 14.2 Å². The van der Waals surface area contributed by atoms with Gasteiger partial charge in [0, 0.05) is 19.8 Å². The van der Waals surface area contributed by atoms with Crippen molar-refractivity contribution in [1.29, 1.82) is 0 Å². The van der Waals surface area contributed by atoms with Crippen LogP contribution in [0.2, 0.25) is 0 Å². The summed E-state index contributed by atoms with van der Waals surface area (Å²) < 4.78 is 15.8. The molecule has 0 spiro atoms. The Kier molecular flexibility index (Phi) is 5.87. The van der Waals surface area contributed by atoms with E-state index in [1.54, 1.807) is 32.4 Å². The monoisotopic (exact) mass is 293 g/mol. The van der Waals surface area contributed by atoms with Gasteiger partial charge in [-0.2, -0.15) is 0 Å². The summed E-state index contributed by atoms with van der Waals surface area (Å²) in [7, 11) is 3.10. The number of hydrogen-bond acceptors (Lipinski definition) is 4. The standard InChI is InChI=1S/C16H23NO4/c1-19-13-4-3-5-14(20-2)15(13)16(18)17-9-6-12-7-10-21-11-8-12/h3-5,12H,6-11H2,1-2H3,(H,17,18). The number of ether oxygens (including phenoxy) is 3. The molecule has 1 aromatic carbocycles. The van der Waals surface area contributed by atoms with E-state index in [4.69, 9.17) is 14.2 Å². The van der Waals surface area contributed by atoms with Crippen LogP contribution < -0.4 is 14.8 Å². The van der Waals surface area contributed by atoms with Gasteiger partial charge in [-0.25, -0.2) is 0 Å². The third-order valence-electron chi connectivity index (χ3n) is 3.83. The Morgan fingerprint density at radius 3 is 2.43 bits per heavy atom. The second-order valence-corrected chi connectivity index (χ2v) is 5.14. The Balaban J connectivity index is 1.93. The molecule has 0 aromatic heterocycles. The van der Waals surface area contributed by atoms with Crippen LogP contribution in [0.1, 0.15) is 29.6 Å². The summed E-state index contributed by atoms with van der Waals surface area (Å²) in [6, 6.07) is 5.32. The van der Waals surface area contributed by atoms with Gasteiger partial charge in [0.25, 0.3) is 5.91 Å². The molecule has 1 amide bonds. The number of amides is 1. The van der Waals surface area contributed by atoms with E-state index in [0.29, 0.717) is 29.5 Å². The van der Waals surface area contributed by atoms with Crippen LogP contribution >= 0.6 is 0 Å². The van der Waals surface area contributed by atoms with Crippen molar-refractivity contribution < 1.29 is 19.0 Å². The fourth-order valence-electron chi connectivity index (χ4n) is 2.59. The number of methoxy groups -OCH3 is 2. The molecule has 116 valence electrons. The zero-order valence-electron chi connectivity index (χ0n) is 12.7. The second-order valence-electron chi connectivity index (χ2n) is 5.14. The molecule has 21 heavy (non-hydrogen) atoms. The summed E-state index contributed by atoms with van der Waals surface area (Å²) >= 11 is 0. The van der Waals surface area contributed by atoms with E-state index in [9.17, 15) is 4.79 Å². The molecule has 0 unspecified atom stereocenters. The Labute approximate surface area is 125 Å². The Bertz CT molecular complexity index is 447. The quantitative estimate of drug-likeness (QED) is 0.874. The van der Waals surface area contributed by atoms with Gasteiger partial charge in [-0.05, 0) is 37.3 Å². The smallest absolute Gasteiger partial charge is 0.258 e. The zero-order chi connectivity index (χ0) is 15.1. The van der Waals surface area contributed by atoms with Crippen molar-refractivity contribution in [3.63, 3.8) is 0 Å². The molecule has 1 N–H and O–H groups in total. The average Bonchev–Trinajstić information content (AvgIpc) is 2.54. The molecule has 1 heterocycles. The summed E-state index contributed by atoms with van der Waals surface area (Å²) in [6.45, 7) is 2.32. The van der Waals surface area contributed by atoms with E-state index in [1.807, 2.05) is 0 Å². The highest BCUT2D eigenvalue weighted by Gasteiger charge is 2.19. The molecule has 1 saturated heterocycles. The first-order valence-electron chi connectivity index (χ1n) is 7.33. The van der Waals surface area contributed by atoms with Crippen LogP contribution in [0, 0.1) is 5.92 Å². The van der Waals surface area contributed by atoms with Crippen molar-refractivity contribution in [3.05, 3.63) is 23.8 Å². The minimum atomic E-state index is -0.156. The van der Waals surface area contributed by atoms with Gasteiger partial charge < -0.3 is 19.5 Å². The Hall–Kier alpha value is -1.75. The SMILES string of the molecule is COc1cccc(OC)c1C(=O)NCCC1CCOCC1. The first kappa shape index (κ1) is 15.6. The van der Waals surface area contributed by atoms with Crippen LogP contribution in [0.25, 0.3) is 0 Å². The highest BCUT2D eigenvalue weighted by atomic mass is 16.5. The number of nitrogens with one attached hydrogen (secondary N) is 1. The van der Waals surface area contributed by atoms with Crippen LogP contribution in [0.4, 0.5) is 0 Å². The maximum atomic E-state index is 12.3. The number of rotatable bonds is 6. The fourth-order valence-corrected chi connectivity index (χ4v) is 2.59. The molecule has 0 bridgehead atoms. The molecule has 5 nitrogen and oxygen atoms in total. The van der Waals surface area contributed by atoms with Crippen molar-refractivity contribution in [2.45, 2.75) is 19.3 Å². The summed E-state index contributed by atoms with van der Waals surface area (Å²) in [6.07, 6.45) is 3.13. The largest absolute Gasteiger partial charge is 0.496 e. The van der Waals surface area contributed by atoms with E-state index in [0.717, 1.165) is 32.5 Å². The highest BCUT2D eigenvalue weighted by molar-refractivity contribution is 5.99. The minimum Gasteiger partial charge on any atom is -0.496 e. The lowest BCUT2D eigenvalue weighted by Crippen LogP contribution is -2.28. The van der Waals surface area contributed by atoms with Crippen LogP contribution in [0.5, 0.6) is 11.5 Å². The van der Waals surface area contributed by atoms with Gasteiger partial charge in [0.1, 0.15) is 17.1 Å². The van der Waals surface area contributed by atoms with Gasteiger partial charge >= 0.3 is 0 Å². The number of hydrogen-bond donors (Lipinski definition) is 1. The fraction of sp³-hybridized carbons (Fsp3) is 0.562. The zero-order valence-corrected chi connectivity index (χ0v) is 12.7. The lowest BCUT2D eigenvalue weighted by Gasteiger charge is -2.22. The number of benzene rings is 1. The molecule has 1 aliphatic heterocycles. The molecular weight excluding hydrogens is 270 g/mol. The topological polar surface area (TPSA) is 56.8 Å². The van der Waals surface area contributed by atoms with E-state index >= 15 is 0 Å². The lowest BCUT2D eigenvalue weighted by molar-refractivity contribution is 0.0636. The van der Waals surface area contributed by atoms with Crippen LogP contribution in [0.3, 0.4) is 0 Å². The maximum absolute atomic E-state index is 12.3. The summed E-state index contributed by atoms with van der Waals surface area (Å²) in [5.41, 5.74) is 0.453. The van der Waals surface area contributed by atoms with Crippen LogP contribution in [-0.2, 0) is 4.74 Å². The van der Waals surface area contributed by atoms with Crippen LogP contribution in [0.15, 0.2) is 18.2 Å². The van der Waals surface area contributed by atoms with Crippen molar-refractivity contribution in [1.82, 2.24) is 5.32 Å². The summed E-state index contributed by atoms with van der Waals surface area (Å²) in [5, 5.41) is 2.96. The van der Waals surface area contributed by atoms with Crippen LogP contribution in [-0.4, -0.2) is 39.9 Å². The first-order valence-corrected chi connectivity index (χ1v) is 7.33. The number of carbonyl (C=O) groups is 1. The van der Waals surface area contributed by atoms with E-state index in [-0.39, 0.29) is 5.91 Å². The first-order chi connectivity index (χ1) is 10.3. The molecule has 5 heteroatoms. The molecule has 0 aliphatic carbocycles. The van der Waals surface area contributed by atoms with Gasteiger partial charge in [-0.15, -0.1) is 0 Å². The number of carbonyl (C=O) groups excluding carboxylic acids is 1. The highest BCUT2D eigenvalue weighted by Crippen LogP contribution is 2.28. The van der Waals surface area contributed by atoms with Crippen molar-refractivity contribution in [2.75, 3.05) is 34.0 Å². The molecule has 1 fully saturated rings. The van der Waals surface area contributed by atoms with Crippen molar-refractivity contribution in [3.8, 4) is 11.5 Å². The molecule has 0 atom stereocenters. The third-order valence-corrected chi connectivity index (χ3v) is 3.83. The van der Waals surface area contributed by atoms with Crippen molar-refractivity contribution >= 4 is 5.91 Å². The lowest BCUT2D eigenvalue weighted by atomic mass is 9.96. The van der Waals surface area contributed by atoms with E-state index in [2.05, 4.69) is 5.32 Å². The molecule has 0 saturated carbocycles. The van der Waals surface area contributed by atoms with Gasteiger partial charge in [0.15, 0.2) is 0 Å². The molecule has 1 aromatic rings. The predicted octanol–water partition coefficient (Wildman–Crippen LogP) is 2.25. The minimum absolute atomic E-state index is 0.156.